The summed E-state index contributed by atoms with van der Waals surface area (Å²) in [6, 6.07) is 14.4. The maximum Gasteiger partial charge on any atom is 0.357 e. The third-order valence-corrected chi connectivity index (χ3v) is 4.62. The van der Waals surface area contributed by atoms with Gasteiger partial charge in [-0.05, 0) is 50.1 Å². The lowest BCUT2D eigenvalue weighted by atomic mass is 10.2. The Kier molecular flexibility index (Phi) is 4.97. The highest BCUT2D eigenvalue weighted by molar-refractivity contribution is 5.90. The Morgan fingerprint density at radius 2 is 2.04 bits per heavy atom. The molecule has 2 aromatic heterocycles. The molecule has 1 saturated carbocycles. The van der Waals surface area contributed by atoms with E-state index in [2.05, 4.69) is 10.4 Å². The Hall–Kier alpha value is -3.35. The molecule has 4 rings (SSSR count). The van der Waals surface area contributed by atoms with Gasteiger partial charge in [-0.15, -0.1) is 0 Å². The number of nitrogens with one attached hydrogen (secondary N) is 1. The fourth-order valence-corrected chi connectivity index (χ4v) is 2.99. The van der Waals surface area contributed by atoms with Crippen molar-refractivity contribution in [3.8, 4) is 5.69 Å². The van der Waals surface area contributed by atoms with E-state index < -0.39 is 11.9 Å². The summed E-state index contributed by atoms with van der Waals surface area (Å²) in [5, 5.41) is 7.31. The molecule has 0 bridgehead atoms. The molecule has 0 radical (unpaired) electrons. The molecule has 1 N–H and O–H groups in total. The van der Waals surface area contributed by atoms with Crippen molar-refractivity contribution in [3.63, 3.8) is 0 Å². The third-order valence-electron chi connectivity index (χ3n) is 4.62. The number of esters is 1. The minimum Gasteiger partial charge on any atom is -0.467 e. The second-order valence-electron chi connectivity index (χ2n) is 6.86. The molecule has 1 aromatic carbocycles. The summed E-state index contributed by atoms with van der Waals surface area (Å²) in [6.45, 7) is 1.42. The number of benzene rings is 1. The molecular weight excluding hydrogens is 358 g/mol. The summed E-state index contributed by atoms with van der Waals surface area (Å²) < 4.78 is 12.1. The Morgan fingerprint density at radius 3 is 2.71 bits per heavy atom. The topological polar surface area (TPSA) is 86.4 Å². The Labute approximate surface area is 162 Å². The second kappa shape index (κ2) is 7.72. The van der Waals surface area contributed by atoms with E-state index in [1.807, 2.05) is 30.3 Å². The molecule has 3 aromatic rings. The average molecular weight is 379 g/mol. The first-order valence-corrected chi connectivity index (χ1v) is 9.27. The third kappa shape index (κ3) is 3.98. The fourth-order valence-electron chi connectivity index (χ4n) is 2.99. The molecule has 28 heavy (non-hydrogen) atoms. The van der Waals surface area contributed by atoms with Gasteiger partial charge in [0.25, 0.3) is 5.91 Å². The normalized spacial score (nSPS) is 14.5. The maximum absolute atomic E-state index is 12.6. The predicted molar refractivity (Wildman–Crippen MR) is 101 cm³/mol. The Bertz CT molecular complexity index is 959. The zero-order chi connectivity index (χ0) is 19.5. The van der Waals surface area contributed by atoms with Crippen LogP contribution in [0.3, 0.4) is 0 Å². The smallest absolute Gasteiger partial charge is 0.357 e. The first-order valence-electron chi connectivity index (χ1n) is 9.27. The number of rotatable bonds is 7. The van der Waals surface area contributed by atoms with E-state index in [1.54, 1.807) is 36.1 Å². The molecular formula is C21H21N3O4. The summed E-state index contributed by atoms with van der Waals surface area (Å²) in [7, 11) is 0. The van der Waals surface area contributed by atoms with Gasteiger partial charge in [-0.25, -0.2) is 9.48 Å². The lowest BCUT2D eigenvalue weighted by Gasteiger charge is -2.12. The van der Waals surface area contributed by atoms with Crippen molar-refractivity contribution >= 4 is 11.9 Å². The molecule has 1 aliphatic carbocycles. The van der Waals surface area contributed by atoms with Gasteiger partial charge in [0.2, 0.25) is 0 Å². The fraction of sp³-hybridized carbons (Fsp3) is 0.286. The lowest BCUT2D eigenvalue weighted by Crippen LogP contribution is -2.31. The highest BCUT2D eigenvalue weighted by atomic mass is 16.5. The van der Waals surface area contributed by atoms with Crippen LogP contribution in [-0.4, -0.2) is 28.3 Å². The zero-order valence-corrected chi connectivity index (χ0v) is 15.5. The van der Waals surface area contributed by atoms with Crippen LogP contribution >= 0.6 is 0 Å². The highest BCUT2D eigenvalue weighted by Gasteiger charge is 2.29. The largest absolute Gasteiger partial charge is 0.467 e. The number of hydrogen-bond donors (Lipinski definition) is 1. The maximum atomic E-state index is 12.6. The standard InChI is InChI=1S/C21H21N3O4/c1-14(19-8-5-11-27-19)22-20(25)13-28-21(26)18-12-17(15-9-10-15)23-24(18)16-6-3-2-4-7-16/h2-8,11-12,14-15H,9-10,13H2,1H3,(H,22,25)/t14-/m1/s1. The van der Waals surface area contributed by atoms with E-state index in [9.17, 15) is 9.59 Å². The second-order valence-corrected chi connectivity index (χ2v) is 6.86. The van der Waals surface area contributed by atoms with Crippen molar-refractivity contribution in [3.05, 3.63) is 71.9 Å². The van der Waals surface area contributed by atoms with Crippen molar-refractivity contribution in [2.75, 3.05) is 6.61 Å². The molecule has 1 aliphatic rings. The van der Waals surface area contributed by atoms with Gasteiger partial charge in [0.1, 0.15) is 5.76 Å². The van der Waals surface area contributed by atoms with Crippen molar-refractivity contribution in [1.29, 1.82) is 0 Å². The van der Waals surface area contributed by atoms with Crippen LogP contribution in [-0.2, 0) is 9.53 Å². The van der Waals surface area contributed by atoms with Gasteiger partial charge < -0.3 is 14.5 Å². The summed E-state index contributed by atoms with van der Waals surface area (Å²) in [5.41, 5.74) is 1.98. The van der Waals surface area contributed by atoms with E-state index in [1.165, 1.54) is 0 Å². The van der Waals surface area contributed by atoms with Crippen LogP contribution in [0.15, 0.2) is 59.2 Å². The molecule has 2 heterocycles. The number of carbonyl (C=O) groups excluding carboxylic acids is 2. The van der Waals surface area contributed by atoms with Crippen molar-refractivity contribution in [2.24, 2.45) is 0 Å². The summed E-state index contributed by atoms with van der Waals surface area (Å²) in [4.78, 5) is 24.7. The number of furan rings is 1. The zero-order valence-electron chi connectivity index (χ0n) is 15.5. The van der Waals surface area contributed by atoms with Gasteiger partial charge in [0.05, 0.1) is 23.7 Å². The first kappa shape index (κ1) is 18.0. The van der Waals surface area contributed by atoms with Gasteiger partial charge in [0, 0.05) is 5.92 Å². The molecule has 1 atom stereocenters. The van der Waals surface area contributed by atoms with Crippen LogP contribution in [0.25, 0.3) is 5.69 Å². The van der Waals surface area contributed by atoms with Gasteiger partial charge in [0.15, 0.2) is 12.3 Å². The van der Waals surface area contributed by atoms with Gasteiger partial charge in [-0.3, -0.25) is 4.79 Å². The summed E-state index contributed by atoms with van der Waals surface area (Å²) >= 11 is 0. The van der Waals surface area contributed by atoms with Gasteiger partial charge >= 0.3 is 5.97 Å². The van der Waals surface area contributed by atoms with Crippen LogP contribution < -0.4 is 5.32 Å². The number of para-hydroxylation sites is 1. The summed E-state index contributed by atoms with van der Waals surface area (Å²) in [6.07, 6.45) is 3.70. The molecule has 1 amide bonds. The monoisotopic (exact) mass is 379 g/mol. The Balaban J connectivity index is 1.43. The van der Waals surface area contributed by atoms with Gasteiger partial charge in [-0.1, -0.05) is 18.2 Å². The minimum absolute atomic E-state index is 0.308. The van der Waals surface area contributed by atoms with E-state index in [4.69, 9.17) is 9.15 Å². The quantitative estimate of drug-likeness (QED) is 0.636. The molecule has 0 unspecified atom stereocenters. The molecule has 0 spiro atoms. The number of nitrogens with zero attached hydrogens (tertiary/aromatic N) is 2. The van der Waals surface area contributed by atoms with Gasteiger partial charge in [-0.2, -0.15) is 5.10 Å². The van der Waals surface area contributed by atoms with Crippen molar-refractivity contribution in [2.45, 2.75) is 31.7 Å². The molecule has 7 nitrogen and oxygen atoms in total. The number of amides is 1. The van der Waals surface area contributed by atoms with Crippen LogP contribution in [0, 0.1) is 0 Å². The minimum atomic E-state index is -0.580. The van der Waals surface area contributed by atoms with E-state index >= 15 is 0 Å². The van der Waals surface area contributed by atoms with Crippen LogP contribution in [0.5, 0.6) is 0 Å². The van der Waals surface area contributed by atoms with Crippen LogP contribution in [0.1, 0.15) is 53.7 Å². The molecule has 7 heteroatoms. The first-order chi connectivity index (χ1) is 13.6. The van der Waals surface area contributed by atoms with E-state index in [0.717, 1.165) is 24.2 Å². The lowest BCUT2D eigenvalue weighted by molar-refractivity contribution is -0.125. The van der Waals surface area contributed by atoms with Crippen molar-refractivity contribution in [1.82, 2.24) is 15.1 Å². The highest BCUT2D eigenvalue weighted by Crippen LogP contribution is 2.39. The number of carbonyl (C=O) groups is 2. The van der Waals surface area contributed by atoms with E-state index in [-0.39, 0.29) is 12.6 Å². The Morgan fingerprint density at radius 1 is 1.25 bits per heavy atom. The predicted octanol–water partition coefficient (Wildman–Crippen LogP) is 3.38. The molecule has 0 aliphatic heterocycles. The molecule has 1 fully saturated rings. The number of hydrogen-bond acceptors (Lipinski definition) is 5. The van der Waals surface area contributed by atoms with Crippen molar-refractivity contribution < 1.29 is 18.7 Å². The van der Waals surface area contributed by atoms with Crippen LogP contribution in [0.4, 0.5) is 0 Å². The molecule has 0 saturated heterocycles. The number of aromatic nitrogens is 2. The SMILES string of the molecule is C[C@@H](NC(=O)COC(=O)c1cc(C2CC2)nn1-c1ccccc1)c1ccco1. The number of ether oxygens (including phenoxy) is 1. The summed E-state index contributed by atoms with van der Waals surface area (Å²) in [5.74, 6) is 0.0550. The van der Waals surface area contributed by atoms with Crippen LogP contribution in [0.2, 0.25) is 0 Å². The van der Waals surface area contributed by atoms with E-state index in [0.29, 0.717) is 17.4 Å². The molecule has 144 valence electrons. The average Bonchev–Trinajstić information content (AvgIpc) is 3.23.